The molecule has 0 aromatic heterocycles. The van der Waals surface area contributed by atoms with E-state index in [1.165, 1.54) is 16.3 Å². The third-order valence-electron chi connectivity index (χ3n) is 3.24. The van der Waals surface area contributed by atoms with Crippen molar-refractivity contribution in [2.75, 3.05) is 0 Å². The number of carbonyl (C=O) groups excluding carboxylic acids is 1. The molecule has 0 heterocycles. The Kier molecular flexibility index (Phi) is 3.43. The summed E-state index contributed by atoms with van der Waals surface area (Å²) >= 11 is 0. The van der Waals surface area contributed by atoms with Gasteiger partial charge in [0.05, 0.1) is 0 Å². The predicted molar refractivity (Wildman–Crippen MR) is 70.6 cm³/mol. The molecule has 88 valence electrons. The van der Waals surface area contributed by atoms with Crippen molar-refractivity contribution in [3.05, 3.63) is 48.0 Å². The lowest BCUT2D eigenvalue weighted by molar-refractivity contribution is -0.121. The van der Waals surface area contributed by atoms with E-state index in [1.807, 2.05) is 25.1 Å². The topological polar surface area (TPSA) is 43.1 Å². The average Bonchev–Trinajstić information content (AvgIpc) is 2.35. The van der Waals surface area contributed by atoms with E-state index in [1.54, 1.807) is 0 Å². The van der Waals surface area contributed by atoms with Crippen molar-refractivity contribution in [1.82, 2.24) is 0 Å². The SMILES string of the molecule is CC[C@@H](Cc1cccc2ccccc12)C(N)=O. The van der Waals surface area contributed by atoms with Crippen LogP contribution >= 0.6 is 0 Å². The Balaban J connectivity index is 2.38. The Bertz CT molecular complexity index is 528. The molecule has 0 bridgehead atoms. The molecule has 2 rings (SSSR count). The van der Waals surface area contributed by atoms with Crippen molar-refractivity contribution in [2.45, 2.75) is 19.8 Å². The van der Waals surface area contributed by atoms with Gasteiger partial charge in [0, 0.05) is 5.92 Å². The van der Waals surface area contributed by atoms with Gasteiger partial charge in [-0.25, -0.2) is 0 Å². The summed E-state index contributed by atoms with van der Waals surface area (Å²) in [5.41, 5.74) is 6.60. The highest BCUT2D eigenvalue weighted by atomic mass is 16.1. The van der Waals surface area contributed by atoms with Crippen molar-refractivity contribution >= 4 is 16.7 Å². The fourth-order valence-electron chi connectivity index (χ4n) is 2.18. The van der Waals surface area contributed by atoms with Crippen LogP contribution in [0.15, 0.2) is 42.5 Å². The fourth-order valence-corrected chi connectivity index (χ4v) is 2.18. The summed E-state index contributed by atoms with van der Waals surface area (Å²) in [5, 5.41) is 2.43. The summed E-state index contributed by atoms with van der Waals surface area (Å²) < 4.78 is 0. The van der Waals surface area contributed by atoms with E-state index < -0.39 is 0 Å². The van der Waals surface area contributed by atoms with Gasteiger partial charge in [-0.05, 0) is 29.2 Å². The molecule has 0 aliphatic rings. The second-order valence-corrected chi connectivity index (χ2v) is 4.35. The highest BCUT2D eigenvalue weighted by molar-refractivity contribution is 5.86. The Morgan fingerprint density at radius 2 is 1.88 bits per heavy atom. The maximum absolute atomic E-state index is 11.3. The molecule has 2 N–H and O–H groups in total. The molecule has 0 aliphatic heterocycles. The van der Waals surface area contributed by atoms with Crippen molar-refractivity contribution in [2.24, 2.45) is 11.7 Å². The quantitative estimate of drug-likeness (QED) is 0.857. The van der Waals surface area contributed by atoms with Gasteiger partial charge < -0.3 is 5.73 Å². The van der Waals surface area contributed by atoms with E-state index in [0.717, 1.165) is 12.8 Å². The molecule has 1 amide bonds. The van der Waals surface area contributed by atoms with E-state index in [2.05, 4.69) is 24.3 Å². The van der Waals surface area contributed by atoms with E-state index in [9.17, 15) is 4.79 Å². The van der Waals surface area contributed by atoms with E-state index in [0.29, 0.717) is 0 Å². The first kappa shape index (κ1) is 11.6. The van der Waals surface area contributed by atoms with Crippen molar-refractivity contribution in [3.63, 3.8) is 0 Å². The highest BCUT2D eigenvalue weighted by Crippen LogP contribution is 2.22. The van der Waals surface area contributed by atoms with Crippen LogP contribution in [0.5, 0.6) is 0 Å². The molecule has 0 radical (unpaired) electrons. The monoisotopic (exact) mass is 227 g/mol. The molecule has 0 saturated carbocycles. The average molecular weight is 227 g/mol. The third kappa shape index (κ3) is 2.47. The molecule has 2 aromatic carbocycles. The number of fused-ring (bicyclic) bond motifs is 1. The molecule has 2 heteroatoms. The minimum absolute atomic E-state index is 0.0687. The van der Waals surface area contributed by atoms with Crippen molar-refractivity contribution in [1.29, 1.82) is 0 Å². The Morgan fingerprint density at radius 3 is 2.59 bits per heavy atom. The van der Waals surface area contributed by atoms with Crippen molar-refractivity contribution in [3.8, 4) is 0 Å². The standard InChI is InChI=1S/C15H17NO/c1-2-11(15(16)17)10-13-8-5-7-12-6-3-4-9-14(12)13/h3-9,11H,2,10H2,1H3,(H2,16,17)/t11-/m0/s1. The van der Waals surface area contributed by atoms with Crippen LogP contribution in [0.1, 0.15) is 18.9 Å². The lowest BCUT2D eigenvalue weighted by Crippen LogP contribution is -2.24. The lowest BCUT2D eigenvalue weighted by Gasteiger charge is -2.12. The fraction of sp³-hybridized carbons (Fsp3) is 0.267. The number of carbonyl (C=O) groups is 1. The highest BCUT2D eigenvalue weighted by Gasteiger charge is 2.14. The van der Waals surface area contributed by atoms with E-state index >= 15 is 0 Å². The number of primary amides is 1. The van der Waals surface area contributed by atoms with Crippen LogP contribution in [0.3, 0.4) is 0 Å². The first-order valence-electron chi connectivity index (χ1n) is 5.98. The van der Waals surface area contributed by atoms with Gasteiger partial charge in [-0.1, -0.05) is 49.4 Å². The Morgan fingerprint density at radius 1 is 1.18 bits per heavy atom. The molecule has 2 aromatic rings. The zero-order chi connectivity index (χ0) is 12.3. The lowest BCUT2D eigenvalue weighted by atomic mass is 9.93. The molecule has 1 atom stereocenters. The third-order valence-corrected chi connectivity index (χ3v) is 3.24. The second kappa shape index (κ2) is 5.00. The summed E-state index contributed by atoms with van der Waals surface area (Å²) in [7, 11) is 0. The zero-order valence-electron chi connectivity index (χ0n) is 10.0. The maximum atomic E-state index is 11.3. The molecule has 0 saturated heterocycles. The Labute approximate surface area is 101 Å². The summed E-state index contributed by atoms with van der Waals surface area (Å²) in [6.45, 7) is 2.00. The van der Waals surface area contributed by atoms with E-state index in [-0.39, 0.29) is 11.8 Å². The van der Waals surface area contributed by atoms with Crippen LogP contribution in [0.2, 0.25) is 0 Å². The predicted octanol–water partition coefficient (Wildman–Crippen LogP) is 2.89. The van der Waals surface area contributed by atoms with Crippen LogP contribution < -0.4 is 5.73 Å². The van der Waals surface area contributed by atoms with Gasteiger partial charge in [0.25, 0.3) is 0 Å². The van der Waals surface area contributed by atoms with Gasteiger partial charge in [0.1, 0.15) is 0 Å². The maximum Gasteiger partial charge on any atom is 0.220 e. The van der Waals surface area contributed by atoms with Crippen LogP contribution in [0, 0.1) is 5.92 Å². The number of amides is 1. The summed E-state index contributed by atoms with van der Waals surface area (Å²) in [6, 6.07) is 14.4. The minimum atomic E-state index is -0.208. The number of hydrogen-bond acceptors (Lipinski definition) is 1. The first-order valence-corrected chi connectivity index (χ1v) is 5.98. The smallest absolute Gasteiger partial charge is 0.220 e. The summed E-state index contributed by atoms with van der Waals surface area (Å²) in [5.74, 6) is -0.277. The van der Waals surface area contributed by atoms with Crippen LogP contribution in [0.4, 0.5) is 0 Å². The number of nitrogens with two attached hydrogens (primary N) is 1. The molecule has 0 fully saturated rings. The van der Waals surface area contributed by atoms with Gasteiger partial charge in [0.2, 0.25) is 5.91 Å². The minimum Gasteiger partial charge on any atom is -0.369 e. The molecular formula is C15H17NO. The summed E-state index contributed by atoms with van der Waals surface area (Å²) in [4.78, 5) is 11.3. The first-order chi connectivity index (χ1) is 8.22. The van der Waals surface area contributed by atoms with E-state index in [4.69, 9.17) is 5.73 Å². The summed E-state index contributed by atoms with van der Waals surface area (Å²) in [6.07, 6.45) is 1.52. The zero-order valence-corrected chi connectivity index (χ0v) is 10.0. The molecule has 17 heavy (non-hydrogen) atoms. The largest absolute Gasteiger partial charge is 0.369 e. The normalized spacial score (nSPS) is 12.5. The van der Waals surface area contributed by atoms with Gasteiger partial charge in [-0.15, -0.1) is 0 Å². The Hall–Kier alpha value is -1.83. The van der Waals surface area contributed by atoms with Gasteiger partial charge in [-0.2, -0.15) is 0 Å². The van der Waals surface area contributed by atoms with Crippen LogP contribution in [-0.4, -0.2) is 5.91 Å². The second-order valence-electron chi connectivity index (χ2n) is 4.35. The van der Waals surface area contributed by atoms with Gasteiger partial charge >= 0.3 is 0 Å². The van der Waals surface area contributed by atoms with Crippen LogP contribution in [0.25, 0.3) is 10.8 Å². The molecule has 0 spiro atoms. The number of benzene rings is 2. The van der Waals surface area contributed by atoms with Gasteiger partial charge in [0.15, 0.2) is 0 Å². The number of hydrogen-bond donors (Lipinski definition) is 1. The van der Waals surface area contributed by atoms with Crippen molar-refractivity contribution < 1.29 is 4.79 Å². The van der Waals surface area contributed by atoms with Crippen LogP contribution in [-0.2, 0) is 11.2 Å². The molecular weight excluding hydrogens is 210 g/mol. The molecule has 2 nitrogen and oxygen atoms in total. The number of rotatable bonds is 4. The van der Waals surface area contributed by atoms with Gasteiger partial charge in [-0.3, -0.25) is 4.79 Å². The molecule has 0 unspecified atom stereocenters. The molecule has 0 aliphatic carbocycles.